The first-order chi connectivity index (χ1) is 14.2. The van der Waals surface area contributed by atoms with Gasteiger partial charge in [-0.25, -0.2) is 9.67 Å². The Morgan fingerprint density at radius 1 is 1.10 bits per heavy atom. The predicted molar refractivity (Wildman–Crippen MR) is 107 cm³/mol. The highest BCUT2D eigenvalue weighted by Crippen LogP contribution is 2.16. The van der Waals surface area contributed by atoms with Gasteiger partial charge < -0.3 is 4.90 Å². The van der Waals surface area contributed by atoms with Crippen molar-refractivity contribution in [2.45, 2.75) is 19.4 Å². The third kappa shape index (κ3) is 3.37. The van der Waals surface area contributed by atoms with Crippen molar-refractivity contribution in [3.63, 3.8) is 0 Å². The summed E-state index contributed by atoms with van der Waals surface area (Å²) in [5.41, 5.74) is 3.42. The lowest BCUT2D eigenvalue weighted by molar-refractivity contribution is 0.0758. The maximum absolute atomic E-state index is 13.0. The summed E-state index contributed by atoms with van der Waals surface area (Å²) in [6.07, 6.45) is 4.74. The fraction of sp³-hybridized carbons (Fsp3) is 0.286. The van der Waals surface area contributed by atoms with Crippen molar-refractivity contribution in [1.82, 2.24) is 34.4 Å². The highest BCUT2D eigenvalue weighted by Gasteiger charge is 2.22. The van der Waals surface area contributed by atoms with Gasteiger partial charge in [0.15, 0.2) is 5.82 Å². The van der Waals surface area contributed by atoms with Crippen LogP contribution in [-0.4, -0.2) is 53.4 Å². The fourth-order valence-corrected chi connectivity index (χ4v) is 3.73. The molecule has 0 radical (unpaired) electrons. The largest absolute Gasteiger partial charge is 0.336 e. The third-order valence-corrected chi connectivity index (χ3v) is 5.32. The number of aryl methyl sites for hydroxylation is 1. The van der Waals surface area contributed by atoms with E-state index in [1.54, 1.807) is 17.1 Å². The Bertz CT molecular complexity index is 1150. The summed E-state index contributed by atoms with van der Waals surface area (Å²) < 4.78 is 3.67. The number of hydrogen-bond donors (Lipinski definition) is 0. The molecule has 5 rings (SSSR count). The average molecular weight is 387 g/mol. The van der Waals surface area contributed by atoms with Crippen molar-refractivity contribution in [3.05, 3.63) is 71.6 Å². The number of fused-ring (bicyclic) bond motifs is 2. The minimum atomic E-state index is -0.0177. The Morgan fingerprint density at radius 2 is 1.97 bits per heavy atom. The molecular weight excluding hydrogens is 366 g/mol. The van der Waals surface area contributed by atoms with Crippen LogP contribution >= 0.6 is 0 Å². The van der Waals surface area contributed by atoms with E-state index in [-0.39, 0.29) is 5.91 Å². The fourth-order valence-electron chi connectivity index (χ4n) is 3.73. The molecule has 0 unspecified atom stereocenters. The molecule has 1 aliphatic heterocycles. The Kier molecular flexibility index (Phi) is 4.31. The normalized spacial score (nSPS) is 14.0. The molecule has 0 fully saturated rings. The first-order valence-electron chi connectivity index (χ1n) is 9.71. The van der Waals surface area contributed by atoms with Crippen LogP contribution in [0, 0.1) is 0 Å². The van der Waals surface area contributed by atoms with Gasteiger partial charge in [0.1, 0.15) is 11.3 Å². The Labute approximate surface area is 167 Å². The van der Waals surface area contributed by atoms with Crippen molar-refractivity contribution in [2.75, 3.05) is 13.1 Å². The second kappa shape index (κ2) is 7.12. The molecule has 1 aliphatic rings. The smallest absolute Gasteiger partial charge is 0.255 e. The number of carbonyl (C=O) groups excluding carboxylic acids is 1. The second-order valence-electron chi connectivity index (χ2n) is 7.27. The number of benzene rings is 1. The van der Waals surface area contributed by atoms with Crippen molar-refractivity contribution < 1.29 is 4.79 Å². The van der Waals surface area contributed by atoms with Crippen LogP contribution < -0.4 is 0 Å². The Morgan fingerprint density at radius 3 is 2.83 bits per heavy atom. The molecule has 4 heterocycles. The van der Waals surface area contributed by atoms with E-state index in [4.69, 9.17) is 4.98 Å². The summed E-state index contributed by atoms with van der Waals surface area (Å²) in [4.78, 5) is 23.9. The van der Waals surface area contributed by atoms with Crippen molar-refractivity contribution in [3.8, 4) is 0 Å². The first kappa shape index (κ1) is 17.5. The summed E-state index contributed by atoms with van der Waals surface area (Å²) in [7, 11) is 1.85. The molecule has 0 N–H and O–H groups in total. The molecular formula is C21H21N7O. The zero-order valence-corrected chi connectivity index (χ0v) is 16.2. The molecule has 29 heavy (non-hydrogen) atoms. The van der Waals surface area contributed by atoms with Crippen LogP contribution in [0.5, 0.6) is 0 Å². The summed E-state index contributed by atoms with van der Waals surface area (Å²) >= 11 is 0. The van der Waals surface area contributed by atoms with Gasteiger partial charge in [0.2, 0.25) is 0 Å². The van der Waals surface area contributed by atoms with Crippen LogP contribution in [-0.2, 0) is 26.4 Å². The van der Waals surface area contributed by atoms with E-state index in [9.17, 15) is 4.79 Å². The molecule has 4 aromatic rings. The van der Waals surface area contributed by atoms with E-state index in [1.165, 1.54) is 5.56 Å². The minimum absolute atomic E-state index is 0.0177. The van der Waals surface area contributed by atoms with Crippen LogP contribution in [0.2, 0.25) is 0 Å². The van der Waals surface area contributed by atoms with Gasteiger partial charge in [0.25, 0.3) is 5.91 Å². The molecule has 1 amide bonds. The number of aromatic nitrogens is 6. The van der Waals surface area contributed by atoms with E-state index in [0.717, 1.165) is 29.1 Å². The van der Waals surface area contributed by atoms with Gasteiger partial charge in [-0.3, -0.25) is 14.5 Å². The van der Waals surface area contributed by atoms with Crippen LogP contribution in [0.25, 0.3) is 11.0 Å². The van der Waals surface area contributed by atoms with Crippen LogP contribution in [0.3, 0.4) is 0 Å². The average Bonchev–Trinajstić information content (AvgIpc) is 3.25. The Balaban J connectivity index is 1.30. The van der Waals surface area contributed by atoms with Crippen LogP contribution in [0.1, 0.15) is 27.6 Å². The summed E-state index contributed by atoms with van der Waals surface area (Å²) in [6, 6.07) is 12.1. The van der Waals surface area contributed by atoms with Gasteiger partial charge in [-0.15, -0.1) is 0 Å². The standard InChI is InChI=1S/C21H21N7O/c1-26-18-12-16(13-22-17(18)14-23-26)21(29)27-8-7-20-24-19(25-28(20)10-9-27)11-15-5-3-2-4-6-15/h2-6,12-14H,7-11H2,1H3. The van der Waals surface area contributed by atoms with Gasteiger partial charge in [0, 0.05) is 39.2 Å². The topological polar surface area (TPSA) is 81.7 Å². The van der Waals surface area contributed by atoms with Gasteiger partial charge in [-0.05, 0) is 11.6 Å². The third-order valence-electron chi connectivity index (χ3n) is 5.32. The van der Waals surface area contributed by atoms with E-state index < -0.39 is 0 Å². The number of rotatable bonds is 3. The molecule has 3 aromatic heterocycles. The van der Waals surface area contributed by atoms with Crippen LogP contribution in [0.4, 0.5) is 0 Å². The monoisotopic (exact) mass is 387 g/mol. The molecule has 8 nitrogen and oxygen atoms in total. The molecule has 1 aromatic carbocycles. The molecule has 8 heteroatoms. The summed E-state index contributed by atoms with van der Waals surface area (Å²) in [5, 5.41) is 8.85. The molecule has 0 saturated carbocycles. The number of nitrogens with zero attached hydrogens (tertiary/aromatic N) is 7. The zero-order chi connectivity index (χ0) is 19.8. The minimum Gasteiger partial charge on any atom is -0.336 e. The summed E-state index contributed by atoms with van der Waals surface area (Å²) in [5.74, 6) is 1.75. The van der Waals surface area contributed by atoms with Gasteiger partial charge in [0.05, 0.1) is 23.8 Å². The Hall–Kier alpha value is -3.55. The maximum atomic E-state index is 13.0. The SMILES string of the molecule is Cn1ncc2ncc(C(=O)N3CCc4nc(Cc5ccccc5)nn4CC3)cc21. The lowest BCUT2D eigenvalue weighted by atomic mass is 10.1. The van der Waals surface area contributed by atoms with Crippen molar-refractivity contribution in [1.29, 1.82) is 0 Å². The van der Waals surface area contributed by atoms with E-state index in [2.05, 4.69) is 27.3 Å². The molecule has 0 spiro atoms. The van der Waals surface area contributed by atoms with E-state index in [1.807, 2.05) is 40.9 Å². The molecule has 0 atom stereocenters. The molecule has 0 aliphatic carbocycles. The number of carbonyl (C=O) groups is 1. The predicted octanol–water partition coefficient (Wildman–Crippen LogP) is 1.85. The highest BCUT2D eigenvalue weighted by atomic mass is 16.2. The first-order valence-corrected chi connectivity index (χ1v) is 9.71. The molecule has 0 bridgehead atoms. The summed E-state index contributed by atoms with van der Waals surface area (Å²) in [6.45, 7) is 1.86. The van der Waals surface area contributed by atoms with Crippen molar-refractivity contribution >= 4 is 16.9 Å². The van der Waals surface area contributed by atoms with E-state index in [0.29, 0.717) is 31.6 Å². The van der Waals surface area contributed by atoms with Gasteiger partial charge in [-0.1, -0.05) is 30.3 Å². The molecule has 146 valence electrons. The second-order valence-corrected chi connectivity index (χ2v) is 7.27. The zero-order valence-electron chi connectivity index (χ0n) is 16.2. The molecule has 0 saturated heterocycles. The van der Waals surface area contributed by atoms with Gasteiger partial charge in [-0.2, -0.15) is 10.2 Å². The van der Waals surface area contributed by atoms with Crippen LogP contribution in [0.15, 0.2) is 48.8 Å². The lowest BCUT2D eigenvalue weighted by Gasteiger charge is -2.19. The number of amides is 1. The quantitative estimate of drug-likeness (QED) is 0.536. The maximum Gasteiger partial charge on any atom is 0.255 e. The highest BCUT2D eigenvalue weighted by molar-refractivity contribution is 5.96. The number of hydrogen-bond acceptors (Lipinski definition) is 5. The van der Waals surface area contributed by atoms with E-state index >= 15 is 0 Å². The van der Waals surface area contributed by atoms with Crippen molar-refractivity contribution in [2.24, 2.45) is 7.05 Å². The lowest BCUT2D eigenvalue weighted by Crippen LogP contribution is -2.33. The van der Waals surface area contributed by atoms with Gasteiger partial charge >= 0.3 is 0 Å². The number of pyridine rings is 1.